The molecule has 2 rings (SSSR count). The van der Waals surface area contributed by atoms with Gasteiger partial charge in [-0.2, -0.15) is 0 Å². The van der Waals surface area contributed by atoms with Crippen LogP contribution in [-0.2, 0) is 9.53 Å². The monoisotopic (exact) mass is 256 g/mol. The number of ether oxygens (including phenoxy) is 1. The number of hydrogen-bond donors (Lipinski definition) is 2. The Morgan fingerprint density at radius 3 is 3.06 bits per heavy atom. The molecule has 92 valence electrons. The number of amides is 1. The Morgan fingerprint density at radius 2 is 2.41 bits per heavy atom. The fourth-order valence-corrected chi connectivity index (χ4v) is 2.03. The topological polar surface area (TPSA) is 94.5 Å². The third-order valence-electron chi connectivity index (χ3n) is 2.57. The number of hydrogen-bond acceptors (Lipinski definition) is 5. The van der Waals surface area contributed by atoms with E-state index >= 15 is 0 Å². The molecule has 1 fully saturated rings. The molecule has 1 aromatic heterocycles. The average Bonchev–Trinajstić information content (AvgIpc) is 2.29. The van der Waals surface area contributed by atoms with Crippen LogP contribution in [-0.4, -0.2) is 36.7 Å². The van der Waals surface area contributed by atoms with Crippen molar-refractivity contribution < 1.29 is 9.53 Å². The number of carbonyl (C=O) groups excluding carboxylic acids is 1. The van der Waals surface area contributed by atoms with Gasteiger partial charge < -0.3 is 21.1 Å². The van der Waals surface area contributed by atoms with Crippen LogP contribution in [0.4, 0.5) is 11.5 Å². The summed E-state index contributed by atoms with van der Waals surface area (Å²) in [5.74, 6) is 0.0485. The van der Waals surface area contributed by atoms with Crippen molar-refractivity contribution in [1.82, 2.24) is 4.98 Å². The minimum absolute atomic E-state index is 0.248. The molecule has 1 unspecified atom stereocenters. The lowest BCUT2D eigenvalue weighted by molar-refractivity contribution is -0.121. The maximum Gasteiger partial charge on any atom is 0.242 e. The summed E-state index contributed by atoms with van der Waals surface area (Å²) in [5, 5.41) is 0.401. The van der Waals surface area contributed by atoms with E-state index in [1.54, 1.807) is 11.0 Å². The normalized spacial score (nSPS) is 20.3. The number of carbonyl (C=O) groups is 1. The summed E-state index contributed by atoms with van der Waals surface area (Å²) in [4.78, 5) is 17.2. The number of morpholine rings is 1. The zero-order valence-electron chi connectivity index (χ0n) is 9.10. The third-order valence-corrected chi connectivity index (χ3v) is 2.85. The van der Waals surface area contributed by atoms with Crippen LogP contribution in [0, 0.1) is 0 Å². The van der Waals surface area contributed by atoms with E-state index in [0.29, 0.717) is 29.7 Å². The van der Waals surface area contributed by atoms with E-state index in [1.165, 1.54) is 6.20 Å². The van der Waals surface area contributed by atoms with Crippen LogP contribution in [0.5, 0.6) is 0 Å². The second-order valence-electron chi connectivity index (χ2n) is 3.76. The van der Waals surface area contributed by atoms with Gasteiger partial charge in [-0.25, -0.2) is 4.98 Å². The molecular formula is C10H13ClN4O2. The number of nitrogen functional groups attached to an aromatic ring is 1. The minimum Gasteiger partial charge on any atom is -0.397 e. The molecule has 1 aliphatic heterocycles. The molecular weight excluding hydrogens is 244 g/mol. The van der Waals surface area contributed by atoms with Crippen LogP contribution >= 0.6 is 11.6 Å². The minimum atomic E-state index is -0.544. The van der Waals surface area contributed by atoms with Crippen LogP contribution in [0.15, 0.2) is 12.3 Å². The molecule has 0 spiro atoms. The Bertz CT molecular complexity index is 440. The molecule has 0 aliphatic carbocycles. The van der Waals surface area contributed by atoms with E-state index < -0.39 is 11.9 Å². The van der Waals surface area contributed by atoms with Crippen molar-refractivity contribution in [2.75, 3.05) is 30.4 Å². The third kappa shape index (κ3) is 2.42. The van der Waals surface area contributed by atoms with Gasteiger partial charge in [-0.3, -0.25) is 4.79 Å². The van der Waals surface area contributed by atoms with Crippen molar-refractivity contribution in [2.24, 2.45) is 5.73 Å². The summed E-state index contributed by atoms with van der Waals surface area (Å²) in [6.45, 7) is 1.27. The highest BCUT2D eigenvalue weighted by Crippen LogP contribution is 2.27. The van der Waals surface area contributed by atoms with Crippen LogP contribution in [0.2, 0.25) is 5.02 Å². The highest BCUT2D eigenvalue weighted by molar-refractivity contribution is 6.33. The molecule has 7 heteroatoms. The molecule has 1 aromatic rings. The van der Waals surface area contributed by atoms with E-state index in [0.717, 1.165) is 0 Å². The first-order valence-corrected chi connectivity index (χ1v) is 5.52. The standard InChI is InChI=1S/C10H13ClN4O2/c11-7-3-6(12)4-14-10(7)15-1-2-17-5-8(15)9(13)16/h3-4,8H,1-2,5,12H2,(H2,13,16). The molecule has 0 saturated carbocycles. The predicted molar refractivity (Wildman–Crippen MR) is 64.8 cm³/mol. The Balaban J connectivity index is 2.32. The number of pyridine rings is 1. The van der Waals surface area contributed by atoms with Crippen molar-refractivity contribution in [3.05, 3.63) is 17.3 Å². The fraction of sp³-hybridized carbons (Fsp3) is 0.400. The van der Waals surface area contributed by atoms with Crippen LogP contribution in [0.25, 0.3) is 0 Å². The summed E-state index contributed by atoms with van der Waals surface area (Å²) in [6, 6.07) is 1.05. The van der Waals surface area contributed by atoms with Gasteiger partial charge in [-0.1, -0.05) is 11.6 Å². The van der Waals surface area contributed by atoms with Gasteiger partial charge in [-0.15, -0.1) is 0 Å². The molecule has 1 saturated heterocycles. The molecule has 6 nitrogen and oxygen atoms in total. The number of nitrogens with zero attached hydrogens (tertiary/aromatic N) is 2. The van der Waals surface area contributed by atoms with Crippen molar-refractivity contribution in [3.63, 3.8) is 0 Å². The molecule has 1 aliphatic rings. The van der Waals surface area contributed by atoms with Gasteiger partial charge in [-0.05, 0) is 6.07 Å². The van der Waals surface area contributed by atoms with Gasteiger partial charge in [0.05, 0.1) is 30.1 Å². The molecule has 1 atom stereocenters. The second-order valence-corrected chi connectivity index (χ2v) is 4.17. The van der Waals surface area contributed by atoms with E-state index in [9.17, 15) is 4.79 Å². The Labute approximate surface area is 103 Å². The number of nitrogens with two attached hydrogens (primary N) is 2. The van der Waals surface area contributed by atoms with E-state index in [-0.39, 0.29) is 6.61 Å². The summed E-state index contributed by atoms with van der Waals surface area (Å²) < 4.78 is 5.22. The first kappa shape index (κ1) is 11.9. The number of halogens is 1. The zero-order valence-corrected chi connectivity index (χ0v) is 9.85. The summed E-state index contributed by atoms with van der Waals surface area (Å²) in [6.07, 6.45) is 1.49. The highest BCUT2D eigenvalue weighted by atomic mass is 35.5. The molecule has 2 heterocycles. The number of aromatic nitrogens is 1. The summed E-state index contributed by atoms with van der Waals surface area (Å²) in [7, 11) is 0. The molecule has 1 amide bonds. The predicted octanol–water partition coefficient (Wildman–Crippen LogP) is 0.00770. The molecule has 4 N–H and O–H groups in total. The lowest BCUT2D eigenvalue weighted by Gasteiger charge is -2.34. The van der Waals surface area contributed by atoms with Gasteiger partial charge in [0, 0.05) is 6.54 Å². The SMILES string of the molecule is NC(=O)C1COCCN1c1ncc(N)cc1Cl. The van der Waals surface area contributed by atoms with Crippen molar-refractivity contribution >= 4 is 29.0 Å². The maximum atomic E-state index is 11.3. The fourth-order valence-electron chi connectivity index (χ4n) is 1.75. The lowest BCUT2D eigenvalue weighted by Crippen LogP contribution is -2.53. The highest BCUT2D eigenvalue weighted by Gasteiger charge is 2.29. The van der Waals surface area contributed by atoms with E-state index in [1.807, 2.05) is 0 Å². The molecule has 17 heavy (non-hydrogen) atoms. The van der Waals surface area contributed by atoms with Crippen LogP contribution in [0.3, 0.4) is 0 Å². The Kier molecular flexibility index (Phi) is 3.35. The number of anilines is 2. The first-order chi connectivity index (χ1) is 8.09. The van der Waals surface area contributed by atoms with Crippen molar-refractivity contribution in [1.29, 1.82) is 0 Å². The quantitative estimate of drug-likeness (QED) is 0.777. The number of rotatable bonds is 2. The van der Waals surface area contributed by atoms with E-state index in [2.05, 4.69) is 4.98 Å². The smallest absolute Gasteiger partial charge is 0.242 e. The summed E-state index contributed by atoms with van der Waals surface area (Å²) >= 11 is 6.06. The van der Waals surface area contributed by atoms with Gasteiger partial charge in [0.25, 0.3) is 0 Å². The van der Waals surface area contributed by atoms with Gasteiger partial charge in [0.15, 0.2) is 0 Å². The average molecular weight is 257 g/mol. The van der Waals surface area contributed by atoms with Gasteiger partial charge in [0.1, 0.15) is 11.9 Å². The van der Waals surface area contributed by atoms with Crippen LogP contribution in [0.1, 0.15) is 0 Å². The lowest BCUT2D eigenvalue weighted by atomic mass is 10.2. The van der Waals surface area contributed by atoms with Gasteiger partial charge in [0.2, 0.25) is 5.91 Å². The van der Waals surface area contributed by atoms with Crippen molar-refractivity contribution in [2.45, 2.75) is 6.04 Å². The Morgan fingerprint density at radius 1 is 1.65 bits per heavy atom. The molecule has 0 bridgehead atoms. The first-order valence-electron chi connectivity index (χ1n) is 5.14. The van der Waals surface area contributed by atoms with E-state index in [4.69, 9.17) is 27.8 Å². The molecule has 0 radical (unpaired) electrons. The Hall–Kier alpha value is -1.53. The number of primary amides is 1. The second kappa shape index (κ2) is 4.77. The van der Waals surface area contributed by atoms with Crippen molar-refractivity contribution in [3.8, 4) is 0 Å². The molecule has 0 aromatic carbocycles. The van der Waals surface area contributed by atoms with Crippen LogP contribution < -0.4 is 16.4 Å². The van der Waals surface area contributed by atoms with Gasteiger partial charge >= 0.3 is 0 Å². The maximum absolute atomic E-state index is 11.3. The zero-order chi connectivity index (χ0) is 12.4. The summed E-state index contributed by atoms with van der Waals surface area (Å²) in [5.41, 5.74) is 11.4. The largest absolute Gasteiger partial charge is 0.397 e.